The van der Waals surface area contributed by atoms with Gasteiger partial charge in [-0.25, -0.2) is 0 Å². The summed E-state index contributed by atoms with van der Waals surface area (Å²) in [4.78, 5) is 23.5. The third kappa shape index (κ3) is 4.68. The molecule has 0 bridgehead atoms. The number of primary amides is 1. The molecule has 0 spiro atoms. The zero-order chi connectivity index (χ0) is 16.7. The van der Waals surface area contributed by atoms with Gasteiger partial charge in [-0.3, -0.25) is 9.59 Å². The molecule has 0 saturated heterocycles. The highest BCUT2D eigenvalue weighted by Gasteiger charge is 2.21. The van der Waals surface area contributed by atoms with Crippen molar-refractivity contribution in [2.45, 2.75) is 25.2 Å². The molecule has 1 unspecified atom stereocenters. The molecule has 0 saturated carbocycles. The van der Waals surface area contributed by atoms with Crippen molar-refractivity contribution >= 4 is 11.9 Å². The van der Waals surface area contributed by atoms with Gasteiger partial charge in [-0.05, 0) is 29.5 Å². The number of ether oxygens (including phenoxy) is 1. The number of aryl methyl sites for hydroxylation is 1. The van der Waals surface area contributed by atoms with Crippen molar-refractivity contribution in [1.82, 2.24) is 0 Å². The first-order chi connectivity index (χ1) is 11.1. The summed E-state index contributed by atoms with van der Waals surface area (Å²) in [6, 6.07) is 17.4. The molecule has 2 rings (SSSR count). The molecule has 0 aliphatic carbocycles. The van der Waals surface area contributed by atoms with Crippen LogP contribution in [0.3, 0.4) is 0 Å². The number of hydrogen-bond donors (Lipinski definition) is 1. The standard InChI is InChI=1S/C19H21NO3/c1-23-18(21)13-15-9-5-6-10-16(15)17(19(20)22)12-11-14-7-3-2-4-8-14/h2-10,17H,11-13H2,1H3,(H2,20,22). The van der Waals surface area contributed by atoms with Crippen LogP contribution < -0.4 is 5.73 Å². The molecule has 4 nitrogen and oxygen atoms in total. The smallest absolute Gasteiger partial charge is 0.309 e. The van der Waals surface area contributed by atoms with Crippen LogP contribution in [0.1, 0.15) is 29.0 Å². The second-order valence-corrected chi connectivity index (χ2v) is 5.43. The maximum atomic E-state index is 11.9. The molecular weight excluding hydrogens is 290 g/mol. The van der Waals surface area contributed by atoms with E-state index in [9.17, 15) is 9.59 Å². The molecular formula is C19H21NO3. The van der Waals surface area contributed by atoms with Crippen molar-refractivity contribution < 1.29 is 14.3 Å². The Morgan fingerprint density at radius 3 is 2.35 bits per heavy atom. The second kappa shape index (κ2) is 8.13. The number of carbonyl (C=O) groups is 2. The molecule has 2 N–H and O–H groups in total. The largest absolute Gasteiger partial charge is 0.469 e. The van der Waals surface area contributed by atoms with E-state index < -0.39 is 5.92 Å². The van der Waals surface area contributed by atoms with Crippen molar-refractivity contribution in [2.75, 3.05) is 7.11 Å². The van der Waals surface area contributed by atoms with E-state index in [1.54, 1.807) is 0 Å². The van der Waals surface area contributed by atoms with Gasteiger partial charge in [-0.1, -0.05) is 54.6 Å². The van der Waals surface area contributed by atoms with Gasteiger partial charge in [0.1, 0.15) is 0 Å². The Balaban J connectivity index is 2.20. The summed E-state index contributed by atoms with van der Waals surface area (Å²) in [7, 11) is 1.35. The summed E-state index contributed by atoms with van der Waals surface area (Å²) in [5.74, 6) is -1.13. The number of esters is 1. The molecule has 2 aromatic carbocycles. The first kappa shape index (κ1) is 16.7. The zero-order valence-electron chi connectivity index (χ0n) is 13.2. The van der Waals surface area contributed by atoms with Crippen molar-refractivity contribution in [3.8, 4) is 0 Å². The van der Waals surface area contributed by atoms with Gasteiger partial charge in [-0.15, -0.1) is 0 Å². The Hall–Kier alpha value is -2.62. The van der Waals surface area contributed by atoms with E-state index >= 15 is 0 Å². The highest BCUT2D eigenvalue weighted by atomic mass is 16.5. The maximum Gasteiger partial charge on any atom is 0.309 e. The first-order valence-electron chi connectivity index (χ1n) is 7.59. The molecule has 4 heteroatoms. The fourth-order valence-electron chi connectivity index (χ4n) is 2.67. The molecule has 0 aliphatic heterocycles. The van der Waals surface area contributed by atoms with Crippen LogP contribution in [0.2, 0.25) is 0 Å². The molecule has 0 aliphatic rings. The molecule has 0 fully saturated rings. The van der Waals surface area contributed by atoms with Crippen LogP contribution >= 0.6 is 0 Å². The maximum absolute atomic E-state index is 11.9. The molecule has 2 aromatic rings. The number of methoxy groups -OCH3 is 1. The molecule has 23 heavy (non-hydrogen) atoms. The van der Waals surface area contributed by atoms with Crippen LogP contribution in [0.4, 0.5) is 0 Å². The predicted octanol–water partition coefficient (Wildman–Crippen LogP) is 2.60. The quantitative estimate of drug-likeness (QED) is 0.799. The Labute approximate surface area is 136 Å². The minimum atomic E-state index is -0.420. The zero-order valence-corrected chi connectivity index (χ0v) is 13.2. The van der Waals surface area contributed by atoms with Crippen LogP contribution in [0.15, 0.2) is 54.6 Å². The highest BCUT2D eigenvalue weighted by molar-refractivity contribution is 5.83. The number of carbonyl (C=O) groups excluding carboxylic acids is 2. The number of amides is 1. The summed E-state index contributed by atoms with van der Waals surface area (Å²) in [6.45, 7) is 0. The van der Waals surface area contributed by atoms with Gasteiger partial charge in [0.2, 0.25) is 5.91 Å². The van der Waals surface area contributed by atoms with Crippen molar-refractivity contribution in [2.24, 2.45) is 5.73 Å². The summed E-state index contributed by atoms with van der Waals surface area (Å²) in [5.41, 5.74) is 8.36. The minimum absolute atomic E-state index is 0.141. The molecule has 0 heterocycles. The lowest BCUT2D eigenvalue weighted by atomic mass is 9.87. The van der Waals surface area contributed by atoms with Crippen LogP contribution in [0, 0.1) is 0 Å². The topological polar surface area (TPSA) is 69.4 Å². The van der Waals surface area contributed by atoms with E-state index in [1.165, 1.54) is 7.11 Å². The van der Waals surface area contributed by atoms with Crippen LogP contribution in [-0.2, 0) is 27.2 Å². The summed E-state index contributed by atoms with van der Waals surface area (Å²) in [5, 5.41) is 0. The van der Waals surface area contributed by atoms with Gasteiger partial charge < -0.3 is 10.5 Å². The third-order valence-corrected chi connectivity index (χ3v) is 3.90. The van der Waals surface area contributed by atoms with Crippen molar-refractivity contribution in [3.63, 3.8) is 0 Å². The third-order valence-electron chi connectivity index (χ3n) is 3.90. The van der Waals surface area contributed by atoms with Gasteiger partial charge in [0, 0.05) is 0 Å². The SMILES string of the molecule is COC(=O)Cc1ccccc1C(CCc1ccccc1)C(N)=O. The average Bonchev–Trinajstić information content (AvgIpc) is 2.57. The molecule has 1 amide bonds. The Morgan fingerprint density at radius 1 is 1.04 bits per heavy atom. The molecule has 0 aromatic heterocycles. The van der Waals surface area contributed by atoms with E-state index in [2.05, 4.69) is 0 Å². The fraction of sp³-hybridized carbons (Fsp3) is 0.263. The number of hydrogen-bond acceptors (Lipinski definition) is 3. The lowest BCUT2D eigenvalue weighted by Gasteiger charge is -2.17. The highest BCUT2D eigenvalue weighted by Crippen LogP contribution is 2.25. The predicted molar refractivity (Wildman–Crippen MR) is 88.9 cm³/mol. The van der Waals surface area contributed by atoms with Gasteiger partial charge >= 0.3 is 5.97 Å². The van der Waals surface area contributed by atoms with Gasteiger partial charge in [0.25, 0.3) is 0 Å². The second-order valence-electron chi connectivity index (χ2n) is 5.43. The minimum Gasteiger partial charge on any atom is -0.469 e. The summed E-state index contributed by atoms with van der Waals surface area (Å²) >= 11 is 0. The van der Waals surface area contributed by atoms with Crippen molar-refractivity contribution in [3.05, 3.63) is 71.3 Å². The normalized spacial score (nSPS) is 11.7. The van der Waals surface area contributed by atoms with Crippen LogP contribution in [-0.4, -0.2) is 19.0 Å². The summed E-state index contributed by atoms with van der Waals surface area (Å²) < 4.78 is 4.72. The summed E-state index contributed by atoms with van der Waals surface area (Å²) in [6.07, 6.45) is 1.50. The van der Waals surface area contributed by atoms with Crippen LogP contribution in [0.5, 0.6) is 0 Å². The number of nitrogens with two attached hydrogens (primary N) is 1. The lowest BCUT2D eigenvalue weighted by Crippen LogP contribution is -2.23. The van der Waals surface area contributed by atoms with Gasteiger partial charge in [-0.2, -0.15) is 0 Å². The van der Waals surface area contributed by atoms with E-state index in [0.717, 1.165) is 23.1 Å². The number of rotatable bonds is 7. The lowest BCUT2D eigenvalue weighted by molar-refractivity contribution is -0.139. The Morgan fingerprint density at radius 2 is 1.70 bits per heavy atom. The van der Waals surface area contributed by atoms with E-state index in [1.807, 2.05) is 54.6 Å². The van der Waals surface area contributed by atoms with Crippen molar-refractivity contribution in [1.29, 1.82) is 0 Å². The van der Waals surface area contributed by atoms with E-state index in [0.29, 0.717) is 6.42 Å². The van der Waals surface area contributed by atoms with Gasteiger partial charge in [0.05, 0.1) is 19.4 Å². The Bertz CT molecular complexity index is 667. The monoisotopic (exact) mass is 311 g/mol. The molecule has 120 valence electrons. The van der Waals surface area contributed by atoms with E-state index in [-0.39, 0.29) is 18.3 Å². The first-order valence-corrected chi connectivity index (χ1v) is 7.59. The van der Waals surface area contributed by atoms with E-state index in [4.69, 9.17) is 10.5 Å². The number of benzene rings is 2. The average molecular weight is 311 g/mol. The molecule has 0 radical (unpaired) electrons. The Kier molecular flexibility index (Phi) is 5.92. The fourth-order valence-corrected chi connectivity index (χ4v) is 2.67. The molecule has 1 atom stereocenters. The van der Waals surface area contributed by atoms with Crippen LogP contribution in [0.25, 0.3) is 0 Å². The van der Waals surface area contributed by atoms with Gasteiger partial charge in [0.15, 0.2) is 0 Å².